The van der Waals surface area contributed by atoms with Crippen molar-refractivity contribution in [2.24, 2.45) is 0 Å². The van der Waals surface area contributed by atoms with Gasteiger partial charge in [0.15, 0.2) is 0 Å². The van der Waals surface area contributed by atoms with E-state index in [0.29, 0.717) is 18.5 Å². The van der Waals surface area contributed by atoms with Crippen LogP contribution in [0.4, 0.5) is 0 Å². The van der Waals surface area contributed by atoms with Gasteiger partial charge in [0.25, 0.3) is 0 Å². The summed E-state index contributed by atoms with van der Waals surface area (Å²) in [5, 5.41) is 4.12. The first-order valence-corrected chi connectivity index (χ1v) is 5.59. The third-order valence-corrected chi connectivity index (χ3v) is 3.22. The molecule has 0 aliphatic heterocycles. The summed E-state index contributed by atoms with van der Waals surface area (Å²) < 4.78 is 0. The zero-order chi connectivity index (χ0) is 10.7. The molecule has 2 rings (SSSR count). The molecule has 78 valence electrons. The van der Waals surface area contributed by atoms with E-state index in [9.17, 15) is 0 Å². The van der Waals surface area contributed by atoms with Crippen LogP contribution < -0.4 is 5.32 Å². The summed E-state index contributed by atoms with van der Waals surface area (Å²) in [7, 11) is 0. The van der Waals surface area contributed by atoms with Crippen LogP contribution in [0.2, 0.25) is 5.02 Å². The van der Waals surface area contributed by atoms with Crippen LogP contribution in [0, 0.1) is 12.3 Å². The quantitative estimate of drug-likeness (QED) is 0.771. The Hall–Kier alpha value is -0.970. The SMILES string of the molecule is C#CCNC1CC(c2ccc(Cl)cc2)C1. The van der Waals surface area contributed by atoms with Crippen LogP contribution in [-0.2, 0) is 0 Å². The molecule has 1 saturated carbocycles. The van der Waals surface area contributed by atoms with Gasteiger partial charge < -0.3 is 5.32 Å². The van der Waals surface area contributed by atoms with Gasteiger partial charge in [0, 0.05) is 11.1 Å². The maximum absolute atomic E-state index is 5.84. The standard InChI is InChI=1S/C13H14ClN/c1-2-7-15-13-8-11(9-13)10-3-5-12(14)6-4-10/h1,3-6,11,13,15H,7-9H2. The molecule has 0 atom stereocenters. The minimum absolute atomic E-state index is 0.599. The Labute approximate surface area is 95.8 Å². The fourth-order valence-corrected chi connectivity index (χ4v) is 2.12. The molecule has 1 nitrogen and oxygen atoms in total. The lowest BCUT2D eigenvalue weighted by Gasteiger charge is -2.36. The number of benzene rings is 1. The van der Waals surface area contributed by atoms with Gasteiger partial charge in [-0.05, 0) is 36.5 Å². The summed E-state index contributed by atoms with van der Waals surface area (Å²) in [6, 6.07) is 8.74. The zero-order valence-electron chi connectivity index (χ0n) is 8.54. The Balaban J connectivity index is 1.84. The van der Waals surface area contributed by atoms with Crippen LogP contribution in [0.15, 0.2) is 24.3 Å². The van der Waals surface area contributed by atoms with Crippen molar-refractivity contribution in [1.29, 1.82) is 0 Å². The number of rotatable bonds is 3. The van der Waals surface area contributed by atoms with Gasteiger partial charge >= 0.3 is 0 Å². The van der Waals surface area contributed by atoms with Crippen molar-refractivity contribution in [3.8, 4) is 12.3 Å². The summed E-state index contributed by atoms with van der Waals surface area (Å²) in [6.07, 6.45) is 7.56. The molecular weight excluding hydrogens is 206 g/mol. The fourth-order valence-electron chi connectivity index (χ4n) is 1.99. The van der Waals surface area contributed by atoms with Gasteiger partial charge in [-0.3, -0.25) is 0 Å². The minimum atomic E-state index is 0.599. The largest absolute Gasteiger partial charge is 0.303 e. The number of terminal acetylenes is 1. The van der Waals surface area contributed by atoms with Gasteiger partial charge in [0.05, 0.1) is 6.54 Å². The van der Waals surface area contributed by atoms with Gasteiger partial charge in [-0.25, -0.2) is 0 Å². The summed E-state index contributed by atoms with van der Waals surface area (Å²) in [6.45, 7) is 0.679. The third-order valence-electron chi connectivity index (χ3n) is 2.97. The van der Waals surface area contributed by atoms with E-state index in [1.54, 1.807) is 0 Å². The number of halogens is 1. The topological polar surface area (TPSA) is 12.0 Å². The Morgan fingerprint density at radius 3 is 2.60 bits per heavy atom. The molecule has 1 N–H and O–H groups in total. The van der Waals surface area contributed by atoms with Gasteiger partial charge in [0.2, 0.25) is 0 Å². The van der Waals surface area contributed by atoms with E-state index in [0.717, 1.165) is 5.02 Å². The molecule has 0 aromatic heterocycles. The van der Waals surface area contributed by atoms with Crippen molar-refractivity contribution >= 4 is 11.6 Å². The first-order chi connectivity index (χ1) is 7.29. The van der Waals surface area contributed by atoms with Gasteiger partial charge in [-0.2, -0.15) is 0 Å². The monoisotopic (exact) mass is 219 g/mol. The summed E-state index contributed by atoms with van der Waals surface area (Å²) >= 11 is 5.84. The Morgan fingerprint density at radius 1 is 1.33 bits per heavy atom. The van der Waals surface area contributed by atoms with Gasteiger partial charge in [0.1, 0.15) is 0 Å². The Kier molecular flexibility index (Phi) is 3.30. The van der Waals surface area contributed by atoms with Crippen LogP contribution in [0.25, 0.3) is 0 Å². The molecule has 0 bridgehead atoms. The van der Waals surface area contributed by atoms with Crippen molar-refractivity contribution in [2.45, 2.75) is 24.8 Å². The number of hydrogen-bond acceptors (Lipinski definition) is 1. The predicted molar refractivity (Wildman–Crippen MR) is 64.1 cm³/mol. The fraction of sp³-hybridized carbons (Fsp3) is 0.385. The molecule has 1 aliphatic rings. The molecule has 1 aliphatic carbocycles. The van der Waals surface area contributed by atoms with E-state index in [-0.39, 0.29) is 0 Å². The molecule has 0 radical (unpaired) electrons. The molecule has 1 aromatic rings. The Bertz CT molecular complexity index is 357. The molecule has 0 heterocycles. The van der Waals surface area contributed by atoms with Crippen molar-refractivity contribution in [3.05, 3.63) is 34.9 Å². The highest BCUT2D eigenvalue weighted by Crippen LogP contribution is 2.36. The van der Waals surface area contributed by atoms with E-state index in [1.165, 1.54) is 18.4 Å². The number of hydrogen-bond donors (Lipinski definition) is 1. The predicted octanol–water partition coefficient (Wildman–Crippen LogP) is 2.81. The normalized spacial score (nSPS) is 24.3. The molecule has 0 unspecified atom stereocenters. The third kappa shape index (κ3) is 2.53. The van der Waals surface area contributed by atoms with Crippen molar-refractivity contribution in [1.82, 2.24) is 5.32 Å². The van der Waals surface area contributed by atoms with Crippen LogP contribution in [0.1, 0.15) is 24.3 Å². The van der Waals surface area contributed by atoms with Crippen LogP contribution in [0.5, 0.6) is 0 Å². The van der Waals surface area contributed by atoms with Gasteiger partial charge in [-0.1, -0.05) is 29.7 Å². The zero-order valence-corrected chi connectivity index (χ0v) is 9.30. The highest BCUT2D eigenvalue weighted by Gasteiger charge is 2.29. The first kappa shape index (κ1) is 10.5. The molecular formula is C13H14ClN. The second kappa shape index (κ2) is 4.70. The van der Waals surface area contributed by atoms with Crippen molar-refractivity contribution < 1.29 is 0 Å². The second-order valence-corrected chi connectivity index (χ2v) is 4.44. The molecule has 2 heteroatoms. The minimum Gasteiger partial charge on any atom is -0.303 e. The molecule has 0 saturated heterocycles. The van der Waals surface area contributed by atoms with Crippen LogP contribution >= 0.6 is 11.6 Å². The first-order valence-electron chi connectivity index (χ1n) is 5.22. The highest BCUT2D eigenvalue weighted by atomic mass is 35.5. The Morgan fingerprint density at radius 2 is 2.00 bits per heavy atom. The maximum Gasteiger partial charge on any atom is 0.0575 e. The molecule has 15 heavy (non-hydrogen) atoms. The average Bonchev–Trinajstić information content (AvgIpc) is 2.18. The summed E-state index contributed by atoms with van der Waals surface area (Å²) in [5.74, 6) is 3.28. The van der Waals surface area contributed by atoms with E-state index in [1.807, 2.05) is 12.1 Å². The van der Waals surface area contributed by atoms with E-state index < -0.39 is 0 Å². The molecule has 0 spiro atoms. The molecule has 1 fully saturated rings. The molecule has 0 amide bonds. The maximum atomic E-state index is 5.84. The number of nitrogens with one attached hydrogen (secondary N) is 1. The second-order valence-electron chi connectivity index (χ2n) is 4.00. The lowest BCUT2D eigenvalue weighted by Crippen LogP contribution is -2.40. The summed E-state index contributed by atoms with van der Waals surface area (Å²) in [4.78, 5) is 0. The van der Waals surface area contributed by atoms with Crippen molar-refractivity contribution in [2.75, 3.05) is 6.54 Å². The van der Waals surface area contributed by atoms with Crippen LogP contribution in [0.3, 0.4) is 0 Å². The van der Waals surface area contributed by atoms with E-state index in [2.05, 4.69) is 23.4 Å². The molecule has 1 aromatic carbocycles. The van der Waals surface area contributed by atoms with Crippen molar-refractivity contribution in [3.63, 3.8) is 0 Å². The lowest BCUT2D eigenvalue weighted by molar-refractivity contribution is 0.301. The highest BCUT2D eigenvalue weighted by molar-refractivity contribution is 6.30. The van der Waals surface area contributed by atoms with E-state index >= 15 is 0 Å². The van der Waals surface area contributed by atoms with Crippen LogP contribution in [-0.4, -0.2) is 12.6 Å². The van der Waals surface area contributed by atoms with Gasteiger partial charge in [-0.15, -0.1) is 6.42 Å². The summed E-state index contributed by atoms with van der Waals surface area (Å²) in [5.41, 5.74) is 1.39. The lowest BCUT2D eigenvalue weighted by atomic mass is 9.76. The smallest absolute Gasteiger partial charge is 0.0575 e. The average molecular weight is 220 g/mol. The van der Waals surface area contributed by atoms with E-state index in [4.69, 9.17) is 18.0 Å².